The molecule has 3 rings (SSSR count). The van der Waals surface area contributed by atoms with Gasteiger partial charge in [0, 0.05) is 40.8 Å². The largest absolute Gasteiger partial charge is 0.314 e. The van der Waals surface area contributed by atoms with Gasteiger partial charge in [0.15, 0.2) is 0 Å². The maximum Gasteiger partial charge on any atom is 0.0697 e. The average molecular weight is 319 g/mol. The maximum atomic E-state index is 3.45. The number of hydrogen-bond donors (Lipinski definition) is 1. The molecule has 0 bridgehead atoms. The third-order valence-electron chi connectivity index (χ3n) is 3.98. The summed E-state index contributed by atoms with van der Waals surface area (Å²) >= 11 is 3.73. The molecule has 0 radical (unpaired) electrons. The van der Waals surface area contributed by atoms with Crippen LogP contribution in [0.4, 0.5) is 0 Å². The summed E-state index contributed by atoms with van der Waals surface area (Å²) in [4.78, 5) is 6.80. The number of hydrogen-bond acceptors (Lipinski definition) is 4. The number of piperazine rings is 1. The van der Waals surface area contributed by atoms with E-state index in [1.54, 1.807) is 11.8 Å². The number of thioether (sulfide) groups is 1. The molecule has 0 aliphatic carbocycles. The average Bonchev–Trinajstić information content (AvgIpc) is 2.95. The second-order valence-corrected chi connectivity index (χ2v) is 7.61. The van der Waals surface area contributed by atoms with E-state index in [9.17, 15) is 0 Å². The maximum absolute atomic E-state index is 3.45. The van der Waals surface area contributed by atoms with E-state index in [0.29, 0.717) is 6.04 Å². The van der Waals surface area contributed by atoms with E-state index in [2.05, 4.69) is 59.8 Å². The summed E-state index contributed by atoms with van der Waals surface area (Å²) in [5.74, 6) is 0. The molecule has 1 fully saturated rings. The zero-order chi connectivity index (χ0) is 14.7. The molecule has 1 saturated heterocycles. The van der Waals surface area contributed by atoms with Gasteiger partial charge in [0.1, 0.15) is 0 Å². The molecule has 1 unspecified atom stereocenters. The van der Waals surface area contributed by atoms with Crippen LogP contribution in [-0.2, 0) is 0 Å². The summed E-state index contributed by atoms with van der Waals surface area (Å²) < 4.78 is 0. The molecule has 0 saturated carbocycles. The molecule has 1 aromatic carbocycles. The predicted octanol–water partition coefficient (Wildman–Crippen LogP) is 3.77. The number of nitrogens with zero attached hydrogens (tertiary/aromatic N) is 1. The first-order chi connectivity index (χ1) is 10.3. The standard InChI is InChI=1S/C17H22N2S2/c1-13-3-8-16(21-13)17(19-11-9-18-10-12-19)14-4-6-15(20-2)7-5-14/h3-8,17-18H,9-12H2,1-2H3. The number of nitrogens with one attached hydrogen (secondary N) is 1. The van der Waals surface area contributed by atoms with Gasteiger partial charge in [-0.05, 0) is 43.0 Å². The second-order valence-electron chi connectivity index (χ2n) is 5.41. The van der Waals surface area contributed by atoms with E-state index in [1.807, 2.05) is 11.3 Å². The van der Waals surface area contributed by atoms with E-state index in [4.69, 9.17) is 0 Å². The highest BCUT2D eigenvalue weighted by Crippen LogP contribution is 2.34. The molecule has 112 valence electrons. The molecule has 1 aliphatic rings. The van der Waals surface area contributed by atoms with Crippen molar-refractivity contribution in [2.75, 3.05) is 32.4 Å². The number of thiophene rings is 1. The highest BCUT2D eigenvalue weighted by atomic mass is 32.2. The van der Waals surface area contributed by atoms with E-state index >= 15 is 0 Å². The Balaban J connectivity index is 1.93. The molecule has 0 amide bonds. The van der Waals surface area contributed by atoms with Gasteiger partial charge in [0.05, 0.1) is 6.04 Å². The summed E-state index contributed by atoms with van der Waals surface area (Å²) in [7, 11) is 0. The first kappa shape index (κ1) is 15.1. The van der Waals surface area contributed by atoms with Crippen molar-refractivity contribution in [3.63, 3.8) is 0 Å². The van der Waals surface area contributed by atoms with Crippen molar-refractivity contribution in [2.24, 2.45) is 0 Å². The van der Waals surface area contributed by atoms with Gasteiger partial charge in [-0.15, -0.1) is 23.1 Å². The molecule has 2 nitrogen and oxygen atoms in total. The number of benzene rings is 1. The quantitative estimate of drug-likeness (QED) is 0.864. The van der Waals surface area contributed by atoms with Gasteiger partial charge in [-0.2, -0.15) is 0 Å². The fraction of sp³-hybridized carbons (Fsp3) is 0.412. The van der Waals surface area contributed by atoms with Crippen LogP contribution in [0.1, 0.15) is 21.4 Å². The SMILES string of the molecule is CSc1ccc(C(c2ccc(C)s2)N2CCNCC2)cc1. The summed E-state index contributed by atoms with van der Waals surface area (Å²) in [6, 6.07) is 14.0. The molecule has 0 spiro atoms. The van der Waals surface area contributed by atoms with E-state index in [-0.39, 0.29) is 0 Å². The van der Waals surface area contributed by atoms with Crippen LogP contribution in [0, 0.1) is 6.92 Å². The summed E-state index contributed by atoms with van der Waals surface area (Å²) in [6.07, 6.45) is 2.13. The Kier molecular flexibility index (Phi) is 5.01. The van der Waals surface area contributed by atoms with Crippen LogP contribution < -0.4 is 5.32 Å². The Morgan fingerprint density at radius 2 is 1.81 bits per heavy atom. The molecular weight excluding hydrogens is 296 g/mol. The van der Waals surface area contributed by atoms with Crippen LogP contribution in [0.15, 0.2) is 41.3 Å². The summed E-state index contributed by atoms with van der Waals surface area (Å²) in [6.45, 7) is 6.60. The topological polar surface area (TPSA) is 15.3 Å². The molecular formula is C17H22N2S2. The lowest BCUT2D eigenvalue weighted by Crippen LogP contribution is -2.45. The van der Waals surface area contributed by atoms with Crippen LogP contribution in [0.5, 0.6) is 0 Å². The van der Waals surface area contributed by atoms with Crippen molar-refractivity contribution >= 4 is 23.1 Å². The van der Waals surface area contributed by atoms with Gasteiger partial charge in [0.25, 0.3) is 0 Å². The van der Waals surface area contributed by atoms with Crippen molar-refractivity contribution in [1.29, 1.82) is 0 Å². The van der Waals surface area contributed by atoms with Gasteiger partial charge >= 0.3 is 0 Å². The van der Waals surface area contributed by atoms with E-state index < -0.39 is 0 Å². The summed E-state index contributed by atoms with van der Waals surface area (Å²) in [5, 5.41) is 3.45. The zero-order valence-corrected chi connectivity index (χ0v) is 14.3. The smallest absolute Gasteiger partial charge is 0.0697 e. The number of rotatable bonds is 4. The molecule has 2 aromatic rings. The van der Waals surface area contributed by atoms with E-state index in [0.717, 1.165) is 26.2 Å². The second kappa shape index (κ2) is 6.97. The Morgan fingerprint density at radius 1 is 1.10 bits per heavy atom. The van der Waals surface area contributed by atoms with Crippen molar-refractivity contribution in [3.8, 4) is 0 Å². The third kappa shape index (κ3) is 3.51. The fourth-order valence-electron chi connectivity index (χ4n) is 2.88. The Morgan fingerprint density at radius 3 is 2.38 bits per heavy atom. The highest BCUT2D eigenvalue weighted by Gasteiger charge is 2.24. The van der Waals surface area contributed by atoms with Crippen molar-refractivity contribution in [3.05, 3.63) is 51.7 Å². The number of aryl methyl sites for hydroxylation is 1. The van der Waals surface area contributed by atoms with Crippen molar-refractivity contribution < 1.29 is 0 Å². The van der Waals surface area contributed by atoms with Crippen LogP contribution in [0.3, 0.4) is 0 Å². The molecule has 2 heterocycles. The lowest BCUT2D eigenvalue weighted by atomic mass is 10.0. The minimum atomic E-state index is 0.404. The van der Waals surface area contributed by atoms with Gasteiger partial charge in [-0.1, -0.05) is 12.1 Å². The first-order valence-electron chi connectivity index (χ1n) is 7.43. The normalized spacial score (nSPS) is 17.8. The molecule has 21 heavy (non-hydrogen) atoms. The highest BCUT2D eigenvalue weighted by molar-refractivity contribution is 7.98. The molecule has 1 aromatic heterocycles. The Bertz CT molecular complexity index is 571. The van der Waals surface area contributed by atoms with Crippen LogP contribution in [-0.4, -0.2) is 37.3 Å². The minimum absolute atomic E-state index is 0.404. The van der Waals surface area contributed by atoms with Gasteiger partial charge in [0.2, 0.25) is 0 Å². The van der Waals surface area contributed by atoms with E-state index in [1.165, 1.54) is 20.2 Å². The summed E-state index contributed by atoms with van der Waals surface area (Å²) in [5.41, 5.74) is 1.41. The minimum Gasteiger partial charge on any atom is -0.314 e. The van der Waals surface area contributed by atoms with Crippen LogP contribution >= 0.6 is 23.1 Å². The predicted molar refractivity (Wildman–Crippen MR) is 93.6 cm³/mol. The molecule has 1 N–H and O–H groups in total. The third-order valence-corrected chi connectivity index (χ3v) is 5.78. The van der Waals surface area contributed by atoms with Gasteiger partial charge < -0.3 is 5.32 Å². The van der Waals surface area contributed by atoms with Gasteiger partial charge in [-0.3, -0.25) is 4.90 Å². The molecule has 1 aliphatic heterocycles. The lowest BCUT2D eigenvalue weighted by molar-refractivity contribution is 0.200. The fourth-order valence-corrected chi connectivity index (χ4v) is 4.33. The van der Waals surface area contributed by atoms with Gasteiger partial charge in [-0.25, -0.2) is 0 Å². The lowest BCUT2D eigenvalue weighted by Gasteiger charge is -2.34. The van der Waals surface area contributed by atoms with Crippen molar-refractivity contribution in [2.45, 2.75) is 17.9 Å². The van der Waals surface area contributed by atoms with Crippen LogP contribution in [0.25, 0.3) is 0 Å². The van der Waals surface area contributed by atoms with Crippen LogP contribution in [0.2, 0.25) is 0 Å². The molecule has 4 heteroatoms. The monoisotopic (exact) mass is 318 g/mol. The van der Waals surface area contributed by atoms with Crippen molar-refractivity contribution in [1.82, 2.24) is 10.2 Å². The Labute approximate surface area is 135 Å². The molecule has 1 atom stereocenters. The zero-order valence-electron chi connectivity index (χ0n) is 12.6. The Hall–Kier alpha value is -0.810. The first-order valence-corrected chi connectivity index (χ1v) is 9.47.